The van der Waals surface area contributed by atoms with Crippen LogP contribution in [0.5, 0.6) is 0 Å². The zero-order valence-corrected chi connectivity index (χ0v) is 11.1. The van der Waals surface area contributed by atoms with Crippen LogP contribution in [-0.4, -0.2) is 11.4 Å². The van der Waals surface area contributed by atoms with Gasteiger partial charge in [-0.1, -0.05) is 29.3 Å². The van der Waals surface area contributed by atoms with Crippen LogP contribution in [-0.2, 0) is 11.2 Å². The molecule has 1 amide bonds. The number of amides is 1. The second-order valence-electron chi connectivity index (χ2n) is 4.68. The van der Waals surface area contributed by atoms with E-state index in [1.807, 2.05) is 20.8 Å². The maximum Gasteiger partial charge on any atom is 0.224 e. The Hall–Kier alpha value is -0.730. The third-order valence-electron chi connectivity index (χ3n) is 1.91. The number of rotatable bonds is 2. The van der Waals surface area contributed by atoms with Gasteiger partial charge < -0.3 is 5.32 Å². The average Bonchev–Trinajstić information content (AvgIpc) is 2.08. The van der Waals surface area contributed by atoms with Gasteiger partial charge in [-0.05, 0) is 38.5 Å². The molecule has 1 aromatic rings. The first-order chi connectivity index (χ1) is 7.29. The monoisotopic (exact) mass is 259 g/mol. The molecule has 0 fully saturated rings. The maximum absolute atomic E-state index is 11.7. The van der Waals surface area contributed by atoms with Gasteiger partial charge in [-0.25, -0.2) is 0 Å². The summed E-state index contributed by atoms with van der Waals surface area (Å²) in [6, 6.07) is 5.22. The Balaban J connectivity index is 2.78. The van der Waals surface area contributed by atoms with Crippen molar-refractivity contribution in [3.63, 3.8) is 0 Å². The van der Waals surface area contributed by atoms with E-state index in [1.54, 1.807) is 18.2 Å². The fraction of sp³-hybridized carbons (Fsp3) is 0.417. The van der Waals surface area contributed by atoms with E-state index < -0.39 is 0 Å². The Morgan fingerprint density at radius 1 is 1.25 bits per heavy atom. The van der Waals surface area contributed by atoms with Crippen LogP contribution in [0.15, 0.2) is 18.2 Å². The Labute approximate surface area is 106 Å². The quantitative estimate of drug-likeness (QED) is 0.866. The molecule has 0 radical (unpaired) electrons. The van der Waals surface area contributed by atoms with Gasteiger partial charge >= 0.3 is 0 Å². The molecular formula is C12H15Cl2NO. The SMILES string of the molecule is CC(C)(C)NC(=O)Cc1c(Cl)cccc1Cl. The highest BCUT2D eigenvalue weighted by atomic mass is 35.5. The van der Waals surface area contributed by atoms with E-state index in [0.717, 1.165) is 0 Å². The Morgan fingerprint density at radius 2 is 1.75 bits per heavy atom. The van der Waals surface area contributed by atoms with Crippen molar-refractivity contribution in [1.82, 2.24) is 5.32 Å². The maximum atomic E-state index is 11.7. The highest BCUT2D eigenvalue weighted by molar-refractivity contribution is 6.36. The highest BCUT2D eigenvalue weighted by Crippen LogP contribution is 2.24. The van der Waals surface area contributed by atoms with E-state index in [-0.39, 0.29) is 17.9 Å². The van der Waals surface area contributed by atoms with Crippen LogP contribution >= 0.6 is 23.2 Å². The average molecular weight is 260 g/mol. The molecule has 0 aliphatic rings. The van der Waals surface area contributed by atoms with E-state index in [2.05, 4.69) is 5.32 Å². The first-order valence-corrected chi connectivity index (χ1v) is 5.79. The summed E-state index contributed by atoms with van der Waals surface area (Å²) >= 11 is 12.0. The summed E-state index contributed by atoms with van der Waals surface area (Å²) in [5.74, 6) is -0.0810. The lowest BCUT2D eigenvalue weighted by molar-refractivity contribution is -0.121. The molecule has 0 aromatic heterocycles. The third-order valence-corrected chi connectivity index (χ3v) is 2.62. The molecule has 1 N–H and O–H groups in total. The van der Waals surface area contributed by atoms with Crippen molar-refractivity contribution >= 4 is 29.1 Å². The lowest BCUT2D eigenvalue weighted by Gasteiger charge is -2.20. The summed E-state index contributed by atoms with van der Waals surface area (Å²) < 4.78 is 0. The fourth-order valence-corrected chi connectivity index (χ4v) is 1.86. The number of benzene rings is 1. The number of carbonyl (C=O) groups is 1. The molecule has 0 spiro atoms. The molecular weight excluding hydrogens is 245 g/mol. The van der Waals surface area contributed by atoms with Crippen LogP contribution < -0.4 is 5.32 Å². The van der Waals surface area contributed by atoms with Crippen LogP contribution in [0.3, 0.4) is 0 Å². The Kier molecular flexibility index (Phi) is 4.22. The molecule has 0 heterocycles. The zero-order chi connectivity index (χ0) is 12.3. The van der Waals surface area contributed by atoms with Crippen LogP contribution in [0.1, 0.15) is 26.3 Å². The largest absolute Gasteiger partial charge is 0.351 e. The lowest BCUT2D eigenvalue weighted by atomic mass is 10.1. The minimum Gasteiger partial charge on any atom is -0.351 e. The van der Waals surface area contributed by atoms with E-state index >= 15 is 0 Å². The smallest absolute Gasteiger partial charge is 0.224 e. The zero-order valence-electron chi connectivity index (χ0n) is 9.60. The topological polar surface area (TPSA) is 29.1 Å². The van der Waals surface area contributed by atoms with Gasteiger partial charge in [0.2, 0.25) is 5.91 Å². The molecule has 0 bridgehead atoms. The van der Waals surface area contributed by atoms with Crippen molar-refractivity contribution in [3.05, 3.63) is 33.8 Å². The third kappa shape index (κ3) is 4.03. The molecule has 1 aromatic carbocycles. The predicted octanol–water partition coefficient (Wildman–Crippen LogP) is 3.45. The summed E-state index contributed by atoms with van der Waals surface area (Å²) in [4.78, 5) is 11.7. The van der Waals surface area contributed by atoms with Crippen molar-refractivity contribution in [1.29, 1.82) is 0 Å². The molecule has 0 saturated carbocycles. The summed E-state index contributed by atoms with van der Waals surface area (Å²) in [5, 5.41) is 3.92. The summed E-state index contributed by atoms with van der Waals surface area (Å²) in [5.41, 5.74) is 0.428. The second kappa shape index (κ2) is 5.07. The minimum absolute atomic E-state index is 0.0810. The number of nitrogens with one attached hydrogen (secondary N) is 1. The molecule has 0 unspecified atom stereocenters. The van der Waals surface area contributed by atoms with Gasteiger partial charge in [-0.15, -0.1) is 0 Å². The van der Waals surface area contributed by atoms with Crippen molar-refractivity contribution in [2.24, 2.45) is 0 Å². The summed E-state index contributed by atoms with van der Waals surface area (Å²) in [6.07, 6.45) is 0.204. The van der Waals surface area contributed by atoms with Crippen molar-refractivity contribution in [2.75, 3.05) is 0 Å². The first-order valence-electron chi connectivity index (χ1n) is 5.03. The van der Waals surface area contributed by atoms with E-state index in [1.165, 1.54) is 0 Å². The van der Waals surface area contributed by atoms with E-state index in [4.69, 9.17) is 23.2 Å². The van der Waals surface area contributed by atoms with Crippen LogP contribution in [0.2, 0.25) is 10.0 Å². The van der Waals surface area contributed by atoms with Crippen LogP contribution in [0, 0.1) is 0 Å². The molecule has 0 atom stereocenters. The number of carbonyl (C=O) groups excluding carboxylic acids is 1. The van der Waals surface area contributed by atoms with Crippen molar-refractivity contribution < 1.29 is 4.79 Å². The Bertz CT molecular complexity index is 376. The van der Waals surface area contributed by atoms with E-state index in [9.17, 15) is 4.79 Å². The molecule has 88 valence electrons. The summed E-state index contributed by atoms with van der Waals surface area (Å²) in [6.45, 7) is 5.79. The molecule has 0 aliphatic heterocycles. The number of halogens is 2. The van der Waals surface area contributed by atoms with Crippen LogP contribution in [0.25, 0.3) is 0 Å². The fourth-order valence-electron chi connectivity index (χ4n) is 1.32. The van der Waals surface area contributed by atoms with Crippen molar-refractivity contribution in [2.45, 2.75) is 32.7 Å². The van der Waals surface area contributed by atoms with Gasteiger partial charge in [0.05, 0.1) is 6.42 Å². The molecule has 0 aliphatic carbocycles. The van der Waals surface area contributed by atoms with Crippen molar-refractivity contribution in [3.8, 4) is 0 Å². The van der Waals surface area contributed by atoms with Crippen LogP contribution in [0.4, 0.5) is 0 Å². The van der Waals surface area contributed by atoms with Gasteiger partial charge in [0, 0.05) is 15.6 Å². The lowest BCUT2D eigenvalue weighted by Crippen LogP contribution is -2.41. The molecule has 4 heteroatoms. The molecule has 16 heavy (non-hydrogen) atoms. The first kappa shape index (κ1) is 13.3. The number of hydrogen-bond acceptors (Lipinski definition) is 1. The normalized spacial score (nSPS) is 11.3. The predicted molar refractivity (Wildman–Crippen MR) is 68.1 cm³/mol. The van der Waals surface area contributed by atoms with Gasteiger partial charge in [0.1, 0.15) is 0 Å². The number of hydrogen-bond donors (Lipinski definition) is 1. The Morgan fingerprint density at radius 3 is 2.19 bits per heavy atom. The van der Waals surface area contributed by atoms with Gasteiger partial charge in [0.15, 0.2) is 0 Å². The molecule has 0 saturated heterocycles. The molecule has 2 nitrogen and oxygen atoms in total. The van der Waals surface area contributed by atoms with Gasteiger partial charge in [-0.3, -0.25) is 4.79 Å². The highest BCUT2D eigenvalue weighted by Gasteiger charge is 2.16. The van der Waals surface area contributed by atoms with Gasteiger partial charge in [-0.2, -0.15) is 0 Å². The second-order valence-corrected chi connectivity index (χ2v) is 5.49. The standard InChI is InChI=1S/C12H15Cl2NO/c1-12(2,3)15-11(16)7-8-9(13)5-4-6-10(8)14/h4-6H,7H2,1-3H3,(H,15,16). The minimum atomic E-state index is -0.245. The van der Waals surface area contributed by atoms with Gasteiger partial charge in [0.25, 0.3) is 0 Å². The summed E-state index contributed by atoms with van der Waals surface area (Å²) in [7, 11) is 0. The van der Waals surface area contributed by atoms with E-state index in [0.29, 0.717) is 15.6 Å². The molecule has 1 rings (SSSR count).